The number of fused-ring (bicyclic) bond motifs is 1. The number of ether oxygens (including phenoxy) is 1. The maximum absolute atomic E-state index is 11.8. The highest BCUT2D eigenvalue weighted by molar-refractivity contribution is 6.05. The number of esters is 1. The summed E-state index contributed by atoms with van der Waals surface area (Å²) in [6.45, 7) is 5.10. The van der Waals surface area contributed by atoms with Gasteiger partial charge in [0.1, 0.15) is 5.76 Å². The van der Waals surface area contributed by atoms with Gasteiger partial charge < -0.3 is 14.0 Å². The highest BCUT2D eigenvalue weighted by atomic mass is 16.7. The Hall–Kier alpha value is -2.11. The summed E-state index contributed by atoms with van der Waals surface area (Å²) in [6, 6.07) is 0. The molecule has 108 valence electrons. The molecule has 20 heavy (non-hydrogen) atoms. The van der Waals surface area contributed by atoms with Crippen molar-refractivity contribution in [3.63, 3.8) is 0 Å². The van der Waals surface area contributed by atoms with Gasteiger partial charge in [0, 0.05) is 24.5 Å². The molecule has 0 bridgehead atoms. The van der Waals surface area contributed by atoms with Crippen molar-refractivity contribution in [3.05, 3.63) is 22.6 Å². The van der Waals surface area contributed by atoms with Crippen LogP contribution in [0, 0.1) is 6.92 Å². The minimum atomic E-state index is -0.480. The lowest BCUT2D eigenvalue weighted by molar-refractivity contribution is -0.140. The predicted molar refractivity (Wildman–Crippen MR) is 70.6 cm³/mol. The third kappa shape index (κ3) is 2.74. The molecule has 0 saturated carbocycles. The molecule has 1 aromatic rings. The maximum Gasteiger partial charge on any atom is 0.374 e. The third-order valence-corrected chi connectivity index (χ3v) is 3.07. The van der Waals surface area contributed by atoms with E-state index in [0.29, 0.717) is 23.5 Å². The second-order valence-electron chi connectivity index (χ2n) is 4.55. The van der Waals surface area contributed by atoms with Crippen LogP contribution in [0.25, 0.3) is 0 Å². The van der Waals surface area contributed by atoms with Crippen molar-refractivity contribution in [1.82, 2.24) is 0 Å². The van der Waals surface area contributed by atoms with Gasteiger partial charge in [-0.1, -0.05) is 5.16 Å². The molecule has 0 unspecified atom stereocenters. The molecule has 6 nitrogen and oxygen atoms in total. The molecule has 1 heterocycles. The quantitative estimate of drug-likeness (QED) is 0.482. The molecule has 1 aliphatic carbocycles. The summed E-state index contributed by atoms with van der Waals surface area (Å²) in [4.78, 5) is 27.4. The smallest absolute Gasteiger partial charge is 0.374 e. The molecular formula is C14H17NO5. The van der Waals surface area contributed by atoms with Gasteiger partial charge in [-0.3, -0.25) is 0 Å². The van der Waals surface area contributed by atoms with E-state index in [2.05, 4.69) is 5.16 Å². The van der Waals surface area contributed by atoms with Crippen molar-refractivity contribution in [3.8, 4) is 0 Å². The zero-order chi connectivity index (χ0) is 14.7. The van der Waals surface area contributed by atoms with Crippen LogP contribution in [0.1, 0.15) is 54.1 Å². The zero-order valence-electron chi connectivity index (χ0n) is 11.8. The summed E-state index contributed by atoms with van der Waals surface area (Å²) >= 11 is 0. The normalized spacial score (nSPS) is 15.8. The minimum absolute atomic E-state index is 0.203. The number of carbonyl (C=O) groups excluding carboxylic acids is 2. The number of oxime groups is 1. The Morgan fingerprint density at radius 2 is 2.10 bits per heavy atom. The van der Waals surface area contributed by atoms with Gasteiger partial charge in [-0.25, -0.2) is 9.59 Å². The van der Waals surface area contributed by atoms with Crippen molar-refractivity contribution < 1.29 is 23.6 Å². The summed E-state index contributed by atoms with van der Waals surface area (Å²) in [5.74, 6) is -0.0559. The van der Waals surface area contributed by atoms with Crippen molar-refractivity contribution in [2.45, 2.75) is 40.0 Å². The van der Waals surface area contributed by atoms with Gasteiger partial charge in [0.15, 0.2) is 0 Å². The monoisotopic (exact) mass is 279 g/mol. The first-order chi connectivity index (χ1) is 9.54. The summed E-state index contributed by atoms with van der Waals surface area (Å²) < 4.78 is 10.6. The van der Waals surface area contributed by atoms with Crippen LogP contribution < -0.4 is 0 Å². The zero-order valence-corrected chi connectivity index (χ0v) is 11.8. The van der Waals surface area contributed by atoms with Gasteiger partial charge in [0.05, 0.1) is 12.3 Å². The van der Waals surface area contributed by atoms with Crippen molar-refractivity contribution in [2.24, 2.45) is 5.16 Å². The average molecular weight is 279 g/mol. The van der Waals surface area contributed by atoms with Gasteiger partial charge in [-0.2, -0.15) is 0 Å². The van der Waals surface area contributed by atoms with E-state index in [0.717, 1.165) is 18.4 Å². The lowest BCUT2D eigenvalue weighted by Gasteiger charge is -2.12. The second kappa shape index (κ2) is 5.90. The molecular weight excluding hydrogens is 262 g/mol. The molecule has 0 atom stereocenters. The van der Waals surface area contributed by atoms with E-state index in [1.165, 1.54) is 6.92 Å². The molecule has 1 aliphatic rings. The standard InChI is InChI=1S/C14H17NO5/c1-4-18-14(17)13-8(2)12-10(15-20-9(3)16)6-5-7-11(12)19-13/h4-7H2,1-3H3/b15-10-. The second-order valence-corrected chi connectivity index (χ2v) is 4.55. The molecule has 0 aromatic carbocycles. The molecule has 0 fully saturated rings. The number of hydrogen-bond acceptors (Lipinski definition) is 6. The first kappa shape index (κ1) is 14.3. The van der Waals surface area contributed by atoms with Crippen LogP contribution in [0.5, 0.6) is 0 Å². The van der Waals surface area contributed by atoms with E-state index in [1.54, 1.807) is 13.8 Å². The van der Waals surface area contributed by atoms with Gasteiger partial charge in [0.25, 0.3) is 0 Å². The van der Waals surface area contributed by atoms with Crippen molar-refractivity contribution >= 4 is 17.7 Å². The van der Waals surface area contributed by atoms with E-state index >= 15 is 0 Å². The Kier molecular flexibility index (Phi) is 4.22. The number of rotatable bonds is 3. The Bertz CT molecular complexity index is 570. The lowest BCUT2D eigenvalue weighted by Crippen LogP contribution is -2.12. The maximum atomic E-state index is 11.8. The number of carbonyl (C=O) groups is 2. The Labute approximate surface area is 116 Å². The summed E-state index contributed by atoms with van der Waals surface area (Å²) in [5, 5.41) is 3.86. The molecule has 0 spiro atoms. The number of aryl methyl sites for hydroxylation is 1. The van der Waals surface area contributed by atoms with Crippen LogP contribution in [-0.2, 0) is 20.8 Å². The number of furan rings is 1. The van der Waals surface area contributed by atoms with Gasteiger partial charge in [0.2, 0.25) is 5.76 Å². The summed E-state index contributed by atoms with van der Waals surface area (Å²) in [6.07, 6.45) is 2.25. The SMILES string of the molecule is CCOC(=O)c1oc2c(c1C)/C(=N\OC(C)=O)CCC2. The number of hydrogen-bond donors (Lipinski definition) is 0. The fourth-order valence-electron chi connectivity index (χ4n) is 2.27. The Balaban J connectivity index is 2.39. The van der Waals surface area contributed by atoms with Crippen molar-refractivity contribution in [2.75, 3.05) is 6.61 Å². The molecule has 0 radical (unpaired) electrons. The highest BCUT2D eigenvalue weighted by Gasteiger charge is 2.28. The molecule has 6 heteroatoms. The van der Waals surface area contributed by atoms with Crippen LogP contribution in [0.3, 0.4) is 0 Å². The fourth-order valence-corrected chi connectivity index (χ4v) is 2.27. The van der Waals surface area contributed by atoms with E-state index in [9.17, 15) is 9.59 Å². The Morgan fingerprint density at radius 3 is 2.75 bits per heavy atom. The van der Waals surface area contributed by atoms with E-state index in [1.807, 2.05) is 0 Å². The summed E-state index contributed by atoms with van der Waals surface area (Å²) in [7, 11) is 0. The first-order valence-electron chi connectivity index (χ1n) is 6.58. The van der Waals surface area contributed by atoms with E-state index in [4.69, 9.17) is 14.0 Å². The van der Waals surface area contributed by atoms with Crippen LogP contribution in [0.2, 0.25) is 0 Å². The van der Waals surface area contributed by atoms with E-state index < -0.39 is 11.9 Å². The van der Waals surface area contributed by atoms with Gasteiger partial charge >= 0.3 is 11.9 Å². The predicted octanol–water partition coefficient (Wildman–Crippen LogP) is 2.37. The lowest BCUT2D eigenvalue weighted by atomic mass is 9.93. The topological polar surface area (TPSA) is 78.1 Å². The van der Waals surface area contributed by atoms with Crippen LogP contribution >= 0.6 is 0 Å². The third-order valence-electron chi connectivity index (χ3n) is 3.07. The van der Waals surface area contributed by atoms with Gasteiger partial charge in [-0.15, -0.1) is 0 Å². The van der Waals surface area contributed by atoms with Crippen LogP contribution in [0.4, 0.5) is 0 Å². The molecule has 2 rings (SSSR count). The minimum Gasteiger partial charge on any atom is -0.460 e. The molecule has 1 aromatic heterocycles. The summed E-state index contributed by atoms with van der Waals surface area (Å²) in [5.41, 5.74) is 2.09. The van der Waals surface area contributed by atoms with Gasteiger partial charge in [-0.05, 0) is 26.7 Å². The largest absolute Gasteiger partial charge is 0.460 e. The molecule has 0 amide bonds. The molecule has 0 aliphatic heterocycles. The first-order valence-corrected chi connectivity index (χ1v) is 6.58. The molecule has 0 saturated heterocycles. The van der Waals surface area contributed by atoms with Crippen molar-refractivity contribution in [1.29, 1.82) is 0 Å². The average Bonchev–Trinajstić information content (AvgIpc) is 2.75. The Morgan fingerprint density at radius 1 is 1.35 bits per heavy atom. The fraction of sp³-hybridized carbons (Fsp3) is 0.500. The van der Waals surface area contributed by atoms with Crippen LogP contribution in [0.15, 0.2) is 9.57 Å². The molecule has 0 N–H and O–H groups in total. The van der Waals surface area contributed by atoms with Crippen LogP contribution in [-0.4, -0.2) is 24.3 Å². The highest BCUT2D eigenvalue weighted by Crippen LogP contribution is 2.30. The number of nitrogens with zero attached hydrogens (tertiary/aromatic N) is 1. The van der Waals surface area contributed by atoms with E-state index in [-0.39, 0.29) is 12.4 Å².